The predicted molar refractivity (Wildman–Crippen MR) is 436 cm³/mol. The maximum Gasteiger partial charge on any atom is 0.472 e. The van der Waals surface area contributed by atoms with Gasteiger partial charge in [0.1, 0.15) is 19.3 Å². The second kappa shape index (κ2) is 78.3. The summed E-state index contributed by atoms with van der Waals surface area (Å²) >= 11 is 0. The fraction of sp³-hybridized carbons (Fsp3) is 0.701. The molecule has 0 bridgehead atoms. The third-order valence-electron chi connectivity index (χ3n) is 17.1. The number of hydrogen-bond donors (Lipinski definition) is 3. The fourth-order valence-electron chi connectivity index (χ4n) is 10.9. The van der Waals surface area contributed by atoms with Crippen LogP contribution in [0.5, 0.6) is 0 Å². The van der Waals surface area contributed by atoms with Crippen LogP contribution in [0.25, 0.3) is 0 Å². The third-order valence-corrected chi connectivity index (χ3v) is 19.0. The largest absolute Gasteiger partial charge is 0.472 e. The van der Waals surface area contributed by atoms with Crippen LogP contribution in [0.3, 0.4) is 0 Å². The Bertz CT molecular complexity index is 2530. The summed E-state index contributed by atoms with van der Waals surface area (Å²) in [5, 5.41) is 10.7. The zero-order valence-electron chi connectivity index (χ0n) is 66.6. The number of carbonyl (C=O) groups is 4. The lowest BCUT2D eigenvalue weighted by Crippen LogP contribution is -2.30. The summed E-state index contributed by atoms with van der Waals surface area (Å²) in [7, 11) is -9.98. The summed E-state index contributed by atoms with van der Waals surface area (Å²) in [6, 6.07) is 0. The average molecular weight is 1530 g/mol. The number of phosphoric acid groups is 2. The van der Waals surface area contributed by atoms with Crippen molar-refractivity contribution >= 4 is 39.5 Å². The average Bonchev–Trinajstić information content (AvgIpc) is 0.903. The monoisotopic (exact) mass is 1530 g/mol. The number of aliphatic hydroxyl groups excluding tert-OH is 1. The summed E-state index contributed by atoms with van der Waals surface area (Å²) in [5.41, 5.74) is 0. The van der Waals surface area contributed by atoms with Gasteiger partial charge in [-0.25, -0.2) is 9.13 Å². The van der Waals surface area contributed by atoms with Crippen molar-refractivity contribution in [3.05, 3.63) is 134 Å². The summed E-state index contributed by atoms with van der Waals surface area (Å²) in [6.07, 6.45) is 88.5. The molecule has 3 N–H and O–H groups in total. The van der Waals surface area contributed by atoms with Crippen molar-refractivity contribution in [2.75, 3.05) is 39.6 Å². The smallest absolute Gasteiger partial charge is 0.462 e. The molecule has 0 saturated carbocycles. The summed E-state index contributed by atoms with van der Waals surface area (Å²) in [5.74, 6) is -2.25. The van der Waals surface area contributed by atoms with Crippen LogP contribution in [0.1, 0.15) is 336 Å². The lowest BCUT2D eigenvalue weighted by molar-refractivity contribution is -0.161. The highest BCUT2D eigenvalue weighted by Gasteiger charge is 2.30. The van der Waals surface area contributed by atoms with Crippen LogP contribution >= 0.6 is 15.6 Å². The van der Waals surface area contributed by atoms with Gasteiger partial charge in [0.05, 0.1) is 26.4 Å². The molecule has 17 nitrogen and oxygen atoms in total. The van der Waals surface area contributed by atoms with Crippen molar-refractivity contribution < 1.29 is 80.2 Å². The van der Waals surface area contributed by atoms with Gasteiger partial charge in [-0.2, -0.15) is 0 Å². The lowest BCUT2D eigenvalue weighted by Gasteiger charge is -2.21. The van der Waals surface area contributed by atoms with Crippen molar-refractivity contribution in [1.82, 2.24) is 0 Å². The fourth-order valence-corrected chi connectivity index (χ4v) is 12.4. The second-order valence-electron chi connectivity index (χ2n) is 27.3. The zero-order valence-corrected chi connectivity index (χ0v) is 68.4. The van der Waals surface area contributed by atoms with Gasteiger partial charge in [-0.1, -0.05) is 303 Å². The van der Waals surface area contributed by atoms with Crippen molar-refractivity contribution in [2.45, 2.75) is 354 Å². The van der Waals surface area contributed by atoms with Gasteiger partial charge < -0.3 is 33.8 Å². The van der Waals surface area contributed by atoms with Gasteiger partial charge in [0.2, 0.25) is 0 Å². The molecule has 0 aromatic rings. The Hall–Kier alpha value is -4.80. The minimum Gasteiger partial charge on any atom is -0.462 e. The van der Waals surface area contributed by atoms with E-state index in [0.717, 1.165) is 167 Å². The van der Waals surface area contributed by atoms with Crippen LogP contribution in [0, 0.1) is 0 Å². The molecule has 0 heterocycles. The van der Waals surface area contributed by atoms with Crippen molar-refractivity contribution in [3.63, 3.8) is 0 Å². The molecule has 0 fully saturated rings. The molecule has 0 aromatic carbocycles. The van der Waals surface area contributed by atoms with E-state index < -0.39 is 97.5 Å². The molecule has 0 aromatic heterocycles. The number of unbranched alkanes of at least 4 members (excludes halogenated alkanes) is 29. The second-order valence-corrected chi connectivity index (χ2v) is 30.2. The van der Waals surface area contributed by atoms with Crippen molar-refractivity contribution in [2.24, 2.45) is 0 Å². The van der Waals surface area contributed by atoms with E-state index in [1.165, 1.54) is 89.9 Å². The predicted octanol–water partition coefficient (Wildman–Crippen LogP) is 24.4. The first-order valence-electron chi connectivity index (χ1n) is 41.4. The van der Waals surface area contributed by atoms with E-state index in [4.69, 9.17) is 37.0 Å². The molecule has 0 spiro atoms. The van der Waals surface area contributed by atoms with Gasteiger partial charge in [-0.15, -0.1) is 0 Å². The molecular formula is C87H148O17P2. The number of ether oxygens (including phenoxy) is 4. The first-order valence-corrected chi connectivity index (χ1v) is 44.4. The molecule has 0 radical (unpaired) electrons. The third kappa shape index (κ3) is 77.4. The van der Waals surface area contributed by atoms with Crippen LogP contribution in [-0.4, -0.2) is 96.7 Å². The molecule has 0 rings (SSSR count). The molecule has 0 saturated heterocycles. The first kappa shape index (κ1) is 101. The van der Waals surface area contributed by atoms with Gasteiger partial charge in [0.15, 0.2) is 12.2 Å². The van der Waals surface area contributed by atoms with Crippen LogP contribution < -0.4 is 0 Å². The van der Waals surface area contributed by atoms with E-state index in [9.17, 15) is 43.2 Å². The molecule has 0 aliphatic carbocycles. The van der Waals surface area contributed by atoms with Crippen molar-refractivity contribution in [3.8, 4) is 0 Å². The quantitative estimate of drug-likeness (QED) is 0.0169. The van der Waals surface area contributed by atoms with E-state index >= 15 is 0 Å². The highest BCUT2D eigenvalue weighted by molar-refractivity contribution is 7.47. The molecular weight excluding hydrogens is 1380 g/mol. The van der Waals surface area contributed by atoms with Gasteiger partial charge in [0, 0.05) is 25.7 Å². The van der Waals surface area contributed by atoms with Gasteiger partial charge >= 0.3 is 39.5 Å². The summed E-state index contributed by atoms with van der Waals surface area (Å²) in [6.45, 7) is 4.59. The number of rotatable bonds is 77. The minimum atomic E-state index is -5.00. The standard InChI is InChI=1S/C87H148O17P2/c1-5-9-13-17-21-25-29-33-36-38-40-42-45-49-52-56-60-64-68-72-85(90)98-78-83(104-87(92)74-70-66-62-58-54-50-46-43-41-39-37-34-30-26-22-18-14-10-6-2)80-102-106(95,96)100-76-81(88)75-99-105(93,94)101-79-82(103-86(91)73-69-65-61-57-53-47-32-28-24-20-16-12-8-4)77-97-84(89)71-67-63-59-55-51-48-44-35-31-27-23-19-15-11-7-3/h9-10,13-14,21-22,25-26,33-37,40-44,49-50,52,54,81-83,88H,5-8,11-12,15-20,23-24,27-32,38-39,45-48,51,53,55-80H2,1-4H3,(H,93,94)(H,95,96)/b13-9-,14-10-,25-21-,26-22-,36-33-,37-34-,42-40-,43-41-,44-35-,52-49-,54-50-. The van der Waals surface area contributed by atoms with E-state index in [1.807, 2.05) is 0 Å². The topological polar surface area (TPSA) is 237 Å². The molecule has 0 aliphatic heterocycles. The summed E-state index contributed by atoms with van der Waals surface area (Å²) < 4.78 is 68.7. The Balaban J connectivity index is 5.44. The normalized spacial score (nSPS) is 14.5. The van der Waals surface area contributed by atoms with Crippen LogP contribution in [-0.2, 0) is 65.4 Å². The van der Waals surface area contributed by atoms with Crippen LogP contribution in [0.2, 0.25) is 0 Å². The van der Waals surface area contributed by atoms with E-state index in [1.54, 1.807) is 0 Å². The number of carbonyl (C=O) groups excluding carboxylic acids is 4. The van der Waals surface area contributed by atoms with Gasteiger partial charge in [-0.05, 0) is 141 Å². The number of hydrogen-bond acceptors (Lipinski definition) is 15. The maximum atomic E-state index is 13.1. The number of phosphoric ester groups is 2. The van der Waals surface area contributed by atoms with Crippen LogP contribution in [0.4, 0.5) is 0 Å². The highest BCUT2D eigenvalue weighted by atomic mass is 31.2. The zero-order chi connectivity index (χ0) is 77.4. The Morgan fingerprint density at radius 1 is 0.274 bits per heavy atom. The Morgan fingerprint density at radius 3 is 0.774 bits per heavy atom. The SMILES string of the molecule is CC/C=C\C/C=C\C/C=C\C/C=C\C/C=C\CCCCCC(=O)OCC(COP(=O)(O)OCC(O)COP(=O)(O)OCC(COC(=O)CCCCCCC/C=C\CCCCCCCC)OC(=O)CCCCCCCCCCCCCCC)OC(=O)CCCCC/C=C\C/C=C\C/C=C\C/C=C\C/C=C\CC. The molecule has 5 unspecified atom stereocenters. The Labute approximate surface area is 644 Å². The number of esters is 4. The molecule has 0 amide bonds. The lowest BCUT2D eigenvalue weighted by atomic mass is 10.0. The number of aliphatic hydroxyl groups is 1. The molecule has 0 aliphatic rings. The van der Waals surface area contributed by atoms with Gasteiger partial charge in [-0.3, -0.25) is 37.3 Å². The highest BCUT2D eigenvalue weighted by Crippen LogP contribution is 2.45. The van der Waals surface area contributed by atoms with E-state index in [0.29, 0.717) is 25.7 Å². The minimum absolute atomic E-state index is 0.0446. The van der Waals surface area contributed by atoms with E-state index in [-0.39, 0.29) is 25.7 Å². The maximum absolute atomic E-state index is 13.1. The van der Waals surface area contributed by atoms with Crippen LogP contribution in [0.15, 0.2) is 134 Å². The molecule has 19 heteroatoms. The first-order chi connectivity index (χ1) is 51.7. The van der Waals surface area contributed by atoms with Gasteiger partial charge in [0.25, 0.3) is 0 Å². The summed E-state index contributed by atoms with van der Waals surface area (Å²) in [4.78, 5) is 73.1. The Morgan fingerprint density at radius 2 is 0.491 bits per heavy atom. The van der Waals surface area contributed by atoms with Crippen molar-refractivity contribution in [1.29, 1.82) is 0 Å². The molecule has 608 valence electrons. The molecule has 106 heavy (non-hydrogen) atoms. The Kier molecular flexibility index (Phi) is 74.8. The van der Waals surface area contributed by atoms with E-state index in [2.05, 4.69) is 161 Å². The number of allylic oxidation sites excluding steroid dienone is 22. The molecule has 5 atom stereocenters.